The van der Waals surface area contributed by atoms with Gasteiger partial charge in [-0.2, -0.15) is 0 Å². The van der Waals surface area contributed by atoms with Crippen LogP contribution in [0.4, 0.5) is 17.1 Å². The van der Waals surface area contributed by atoms with Gasteiger partial charge in [0.25, 0.3) is 0 Å². The van der Waals surface area contributed by atoms with Crippen molar-refractivity contribution in [2.24, 2.45) is 0 Å². The molecular formula is C42H24Br2N2O2. The van der Waals surface area contributed by atoms with E-state index in [2.05, 4.69) is 163 Å². The van der Waals surface area contributed by atoms with Gasteiger partial charge in [-0.3, -0.25) is 0 Å². The van der Waals surface area contributed by atoms with Crippen molar-refractivity contribution in [2.45, 2.75) is 0 Å². The van der Waals surface area contributed by atoms with Gasteiger partial charge in [0.15, 0.2) is 0 Å². The second-order valence-corrected chi connectivity index (χ2v) is 13.7. The van der Waals surface area contributed by atoms with Crippen molar-refractivity contribution < 1.29 is 8.83 Å². The third-order valence-corrected chi connectivity index (χ3v) is 10.5. The standard InChI is InChI=1S/C42H24Br2N2O2/c43-31-23-33-39(37-29-15-7-9-17-35(29)47-41(31)37)40-34(24-32(44)42-38(40)30-16-8-10-18-36(30)48-42)46(33)28-21-19-27(20-22-28)45(25-11-3-1-4-12-25)26-13-5-2-6-14-26/h1-24H. The molecule has 0 aliphatic carbocycles. The Morgan fingerprint density at radius 3 is 1.33 bits per heavy atom. The van der Waals surface area contributed by atoms with Crippen LogP contribution in [-0.4, -0.2) is 4.57 Å². The molecule has 0 N–H and O–H groups in total. The summed E-state index contributed by atoms with van der Waals surface area (Å²) in [5.41, 5.74) is 9.88. The van der Waals surface area contributed by atoms with E-state index in [9.17, 15) is 0 Å². The molecule has 0 saturated carbocycles. The summed E-state index contributed by atoms with van der Waals surface area (Å²) in [6.07, 6.45) is 0. The van der Waals surface area contributed by atoms with Crippen molar-refractivity contribution in [1.82, 2.24) is 4.57 Å². The monoisotopic (exact) mass is 746 g/mol. The number of rotatable bonds is 4. The van der Waals surface area contributed by atoms with Crippen LogP contribution in [0.3, 0.4) is 0 Å². The maximum absolute atomic E-state index is 6.49. The molecule has 0 atom stereocenters. The summed E-state index contributed by atoms with van der Waals surface area (Å²) in [7, 11) is 0. The molecular weight excluding hydrogens is 724 g/mol. The first-order valence-electron chi connectivity index (χ1n) is 15.7. The van der Waals surface area contributed by atoms with E-state index in [-0.39, 0.29) is 0 Å². The summed E-state index contributed by atoms with van der Waals surface area (Å²) in [6.45, 7) is 0. The van der Waals surface area contributed by atoms with Crippen molar-refractivity contribution in [1.29, 1.82) is 0 Å². The Kier molecular flexibility index (Phi) is 6.14. The quantitative estimate of drug-likeness (QED) is 0.180. The van der Waals surface area contributed by atoms with Crippen molar-refractivity contribution in [3.05, 3.63) is 155 Å². The summed E-state index contributed by atoms with van der Waals surface area (Å²) in [5, 5.41) is 6.61. The van der Waals surface area contributed by atoms with Crippen LogP contribution in [0, 0.1) is 0 Å². The van der Waals surface area contributed by atoms with Crippen LogP contribution < -0.4 is 4.90 Å². The molecule has 0 bridgehead atoms. The average Bonchev–Trinajstić information content (AvgIpc) is 3.80. The smallest absolute Gasteiger partial charge is 0.150 e. The second kappa shape index (κ2) is 10.6. The SMILES string of the molecule is Brc1cc2c(c3c1oc1ccccc13)c1c3c(oc4ccccc43)c(Br)cc1n2-c1ccc(N(c2ccccc2)c2ccccc2)cc1. The largest absolute Gasteiger partial charge is 0.455 e. The highest BCUT2D eigenvalue weighted by Gasteiger charge is 2.25. The lowest BCUT2D eigenvalue weighted by Crippen LogP contribution is -2.09. The molecule has 48 heavy (non-hydrogen) atoms. The van der Waals surface area contributed by atoms with Crippen LogP contribution in [-0.2, 0) is 0 Å². The van der Waals surface area contributed by atoms with Gasteiger partial charge in [0.1, 0.15) is 22.3 Å². The minimum atomic E-state index is 0.836. The number of benzene rings is 7. The third-order valence-electron chi connectivity index (χ3n) is 9.29. The van der Waals surface area contributed by atoms with Gasteiger partial charge in [0.05, 0.1) is 20.0 Å². The lowest BCUT2D eigenvalue weighted by molar-refractivity contribution is 0.666. The summed E-state index contributed by atoms with van der Waals surface area (Å²) in [4.78, 5) is 2.28. The number of halogens is 2. The fourth-order valence-corrected chi connectivity index (χ4v) is 8.31. The number of hydrogen-bond donors (Lipinski definition) is 0. The highest BCUT2D eigenvalue weighted by Crippen LogP contribution is 2.49. The number of aromatic nitrogens is 1. The summed E-state index contributed by atoms with van der Waals surface area (Å²) in [5.74, 6) is 0. The predicted octanol–water partition coefficient (Wildman–Crippen LogP) is 13.6. The molecule has 0 fully saturated rings. The molecule has 228 valence electrons. The molecule has 0 saturated heterocycles. The van der Waals surface area contributed by atoms with Gasteiger partial charge < -0.3 is 18.3 Å². The van der Waals surface area contributed by atoms with E-state index < -0.39 is 0 Å². The number of fused-ring (bicyclic) bond motifs is 11. The molecule has 0 aliphatic heterocycles. The van der Waals surface area contributed by atoms with Gasteiger partial charge in [-0.1, -0.05) is 72.8 Å². The van der Waals surface area contributed by atoms with E-state index >= 15 is 0 Å². The van der Waals surface area contributed by atoms with Gasteiger partial charge in [0.2, 0.25) is 0 Å². The molecule has 4 nitrogen and oxygen atoms in total. The molecule has 10 aromatic rings. The van der Waals surface area contributed by atoms with E-state index in [4.69, 9.17) is 8.83 Å². The number of furan rings is 2. The van der Waals surface area contributed by atoms with Crippen molar-refractivity contribution in [3.8, 4) is 5.69 Å². The fourth-order valence-electron chi connectivity index (χ4n) is 7.31. The highest BCUT2D eigenvalue weighted by atomic mass is 79.9. The Bertz CT molecular complexity index is 2680. The average molecular weight is 748 g/mol. The molecule has 0 radical (unpaired) electrons. The van der Waals surface area contributed by atoms with Crippen LogP contribution in [0.25, 0.3) is 71.4 Å². The van der Waals surface area contributed by atoms with Crippen molar-refractivity contribution in [3.63, 3.8) is 0 Å². The Balaban J connectivity index is 1.31. The lowest BCUT2D eigenvalue weighted by Gasteiger charge is -2.25. The maximum Gasteiger partial charge on any atom is 0.150 e. The Morgan fingerprint density at radius 2 is 0.854 bits per heavy atom. The maximum atomic E-state index is 6.49. The summed E-state index contributed by atoms with van der Waals surface area (Å²) >= 11 is 7.79. The Hall–Kier alpha value is -5.30. The molecule has 7 aromatic carbocycles. The lowest BCUT2D eigenvalue weighted by atomic mass is 10.0. The van der Waals surface area contributed by atoms with E-state index in [0.717, 1.165) is 97.4 Å². The van der Waals surface area contributed by atoms with Gasteiger partial charge in [0, 0.05) is 55.1 Å². The fraction of sp³-hybridized carbons (Fsp3) is 0. The first kappa shape index (κ1) is 27.8. The zero-order chi connectivity index (χ0) is 31.9. The molecule has 0 aliphatic rings. The normalized spacial score (nSPS) is 12.0. The zero-order valence-corrected chi connectivity index (χ0v) is 28.5. The third kappa shape index (κ3) is 4.00. The van der Waals surface area contributed by atoms with E-state index in [1.165, 1.54) is 0 Å². The molecule has 10 rings (SSSR count). The van der Waals surface area contributed by atoms with Crippen molar-refractivity contribution >= 4 is 115 Å². The van der Waals surface area contributed by atoms with E-state index in [0.29, 0.717) is 0 Å². The molecule has 3 aromatic heterocycles. The van der Waals surface area contributed by atoms with Crippen LogP contribution in [0.15, 0.2) is 163 Å². The van der Waals surface area contributed by atoms with Crippen LogP contribution in [0.5, 0.6) is 0 Å². The van der Waals surface area contributed by atoms with Crippen LogP contribution in [0.1, 0.15) is 0 Å². The summed E-state index contributed by atoms with van der Waals surface area (Å²) < 4.78 is 17.2. The van der Waals surface area contributed by atoms with E-state index in [1.807, 2.05) is 24.3 Å². The van der Waals surface area contributed by atoms with Gasteiger partial charge in [-0.15, -0.1) is 0 Å². The molecule has 0 spiro atoms. The number of nitrogens with zero attached hydrogens (tertiary/aromatic N) is 2. The topological polar surface area (TPSA) is 34.5 Å². The molecule has 0 amide bonds. The Labute approximate surface area is 291 Å². The van der Waals surface area contributed by atoms with Crippen molar-refractivity contribution in [2.75, 3.05) is 4.90 Å². The van der Waals surface area contributed by atoms with Gasteiger partial charge in [-0.25, -0.2) is 0 Å². The van der Waals surface area contributed by atoms with Gasteiger partial charge >= 0.3 is 0 Å². The minimum absolute atomic E-state index is 0.836. The van der Waals surface area contributed by atoms with Crippen LogP contribution in [0.2, 0.25) is 0 Å². The first-order chi connectivity index (χ1) is 23.7. The second-order valence-electron chi connectivity index (χ2n) is 12.0. The molecule has 0 unspecified atom stereocenters. The molecule has 3 heterocycles. The van der Waals surface area contributed by atoms with Crippen LogP contribution >= 0.6 is 31.9 Å². The minimum Gasteiger partial charge on any atom is -0.455 e. The molecule has 6 heteroatoms. The highest BCUT2D eigenvalue weighted by molar-refractivity contribution is 9.11. The number of hydrogen-bond acceptors (Lipinski definition) is 3. The summed E-state index contributed by atoms with van der Waals surface area (Å²) in [6, 6.07) is 50.8. The zero-order valence-electron chi connectivity index (χ0n) is 25.3. The van der Waals surface area contributed by atoms with E-state index in [1.54, 1.807) is 0 Å². The Morgan fingerprint density at radius 1 is 0.438 bits per heavy atom. The number of para-hydroxylation sites is 4. The van der Waals surface area contributed by atoms with Gasteiger partial charge in [-0.05, 0) is 105 Å². The first-order valence-corrected chi connectivity index (χ1v) is 17.3. The predicted molar refractivity (Wildman–Crippen MR) is 205 cm³/mol. The number of anilines is 3.